The van der Waals surface area contributed by atoms with Crippen LogP contribution in [0.4, 0.5) is 5.69 Å². The van der Waals surface area contributed by atoms with Gasteiger partial charge in [-0.2, -0.15) is 4.99 Å². The number of carbonyl (C=O) groups excluding carboxylic acids is 1. The molecule has 0 saturated heterocycles. The van der Waals surface area contributed by atoms with Crippen molar-refractivity contribution < 1.29 is 9.53 Å². The molecule has 15 heavy (non-hydrogen) atoms. The van der Waals surface area contributed by atoms with Crippen molar-refractivity contribution in [1.82, 2.24) is 5.32 Å². The molecule has 5 heteroatoms. The van der Waals surface area contributed by atoms with Crippen molar-refractivity contribution >= 4 is 29.0 Å². The number of nitrogens with zero attached hydrogens (tertiary/aromatic N) is 1. The summed E-state index contributed by atoms with van der Waals surface area (Å²) in [7, 11) is 1.56. The van der Waals surface area contributed by atoms with Crippen molar-refractivity contribution in [2.75, 3.05) is 13.7 Å². The van der Waals surface area contributed by atoms with Crippen LogP contribution in [0, 0.1) is 0 Å². The Labute approximate surface area is 93.0 Å². The number of benzene rings is 1. The molecule has 1 rings (SSSR count). The first-order valence-corrected chi connectivity index (χ1v) is 4.68. The quantitative estimate of drug-likeness (QED) is 0.621. The summed E-state index contributed by atoms with van der Waals surface area (Å²) >= 11 is 4.47. The molecular formula is C10H10N2O2S. The monoisotopic (exact) mass is 222 g/mol. The predicted octanol–water partition coefficient (Wildman–Crippen LogP) is 1.55. The molecule has 78 valence electrons. The van der Waals surface area contributed by atoms with Crippen LogP contribution in [-0.4, -0.2) is 24.7 Å². The maximum atomic E-state index is 10.9. The standard InChI is InChI=1S/C10H10N2O2S/c1-11-10(13)6-14-9-4-2-8(3-5-9)12-7-15/h2-5H,6H2,1H3,(H,11,13). The molecule has 1 N–H and O–H groups in total. The number of rotatable bonds is 4. The third-order valence-corrected chi connectivity index (χ3v) is 1.75. The fourth-order valence-electron chi connectivity index (χ4n) is 0.891. The molecule has 0 bridgehead atoms. The molecule has 0 unspecified atom stereocenters. The summed E-state index contributed by atoms with van der Waals surface area (Å²) < 4.78 is 5.19. The third-order valence-electron chi connectivity index (χ3n) is 1.66. The molecule has 0 aliphatic rings. The van der Waals surface area contributed by atoms with Crippen LogP contribution < -0.4 is 10.1 Å². The van der Waals surface area contributed by atoms with Crippen LogP contribution in [-0.2, 0) is 4.79 Å². The number of ether oxygens (including phenoxy) is 1. The Morgan fingerprint density at radius 3 is 2.73 bits per heavy atom. The molecule has 0 aliphatic carbocycles. The fourth-order valence-corrected chi connectivity index (χ4v) is 0.996. The van der Waals surface area contributed by atoms with Gasteiger partial charge in [-0.1, -0.05) is 0 Å². The molecule has 0 spiro atoms. The summed E-state index contributed by atoms with van der Waals surface area (Å²) in [5.74, 6) is 0.443. The normalized spacial score (nSPS) is 8.87. The summed E-state index contributed by atoms with van der Waals surface area (Å²) in [6, 6.07) is 6.90. The third kappa shape index (κ3) is 3.89. The van der Waals surface area contributed by atoms with E-state index < -0.39 is 0 Å². The van der Waals surface area contributed by atoms with E-state index >= 15 is 0 Å². The largest absolute Gasteiger partial charge is 0.484 e. The van der Waals surface area contributed by atoms with Gasteiger partial charge in [-0.3, -0.25) is 4.79 Å². The first-order chi connectivity index (χ1) is 7.26. The lowest BCUT2D eigenvalue weighted by atomic mass is 10.3. The number of aliphatic imine (C=N–C) groups is 1. The number of nitrogens with one attached hydrogen (secondary N) is 1. The Kier molecular flexibility index (Phi) is 4.47. The molecule has 0 aliphatic heterocycles. The van der Waals surface area contributed by atoms with Gasteiger partial charge >= 0.3 is 0 Å². The van der Waals surface area contributed by atoms with E-state index in [0.29, 0.717) is 11.4 Å². The highest BCUT2D eigenvalue weighted by molar-refractivity contribution is 7.78. The summed E-state index contributed by atoms with van der Waals surface area (Å²) in [6.45, 7) is 0.00623. The van der Waals surface area contributed by atoms with Crippen LogP contribution in [0.3, 0.4) is 0 Å². The minimum absolute atomic E-state index is 0.00623. The molecule has 0 fully saturated rings. The summed E-state index contributed by atoms with van der Waals surface area (Å²) in [5, 5.41) is 4.73. The number of hydrogen-bond donors (Lipinski definition) is 1. The Bertz CT molecular complexity index is 383. The van der Waals surface area contributed by atoms with Crippen LogP contribution in [0.5, 0.6) is 5.75 Å². The smallest absolute Gasteiger partial charge is 0.257 e. The maximum Gasteiger partial charge on any atom is 0.257 e. The first-order valence-electron chi connectivity index (χ1n) is 4.27. The number of isothiocyanates is 1. The number of hydrogen-bond acceptors (Lipinski definition) is 4. The van der Waals surface area contributed by atoms with Crippen molar-refractivity contribution in [1.29, 1.82) is 0 Å². The summed E-state index contributed by atoms with van der Waals surface area (Å²) in [5.41, 5.74) is 0.706. The van der Waals surface area contributed by atoms with Gasteiger partial charge in [-0.15, -0.1) is 0 Å². The highest BCUT2D eigenvalue weighted by Gasteiger charge is 1.99. The molecular weight excluding hydrogens is 212 g/mol. The van der Waals surface area contributed by atoms with Crippen molar-refractivity contribution in [3.05, 3.63) is 24.3 Å². The number of amides is 1. The lowest BCUT2D eigenvalue weighted by Gasteiger charge is -2.04. The van der Waals surface area contributed by atoms with Crippen LogP contribution in [0.15, 0.2) is 29.3 Å². The Morgan fingerprint density at radius 2 is 2.20 bits per heavy atom. The van der Waals surface area contributed by atoms with Crippen LogP contribution in [0.2, 0.25) is 0 Å². The van der Waals surface area contributed by atoms with Crippen molar-refractivity contribution in [2.24, 2.45) is 4.99 Å². The van der Waals surface area contributed by atoms with Gasteiger partial charge in [0.1, 0.15) is 5.75 Å². The van der Waals surface area contributed by atoms with Crippen LogP contribution in [0.1, 0.15) is 0 Å². The van der Waals surface area contributed by atoms with E-state index in [4.69, 9.17) is 4.74 Å². The van der Waals surface area contributed by atoms with Gasteiger partial charge in [0.2, 0.25) is 0 Å². The fraction of sp³-hybridized carbons (Fsp3) is 0.200. The molecule has 4 nitrogen and oxygen atoms in total. The molecule has 0 aromatic heterocycles. The van der Waals surface area contributed by atoms with Gasteiger partial charge in [-0.05, 0) is 36.5 Å². The minimum atomic E-state index is -0.170. The van der Waals surface area contributed by atoms with Gasteiger partial charge in [0.15, 0.2) is 6.61 Å². The zero-order valence-electron chi connectivity index (χ0n) is 8.19. The summed E-state index contributed by atoms with van der Waals surface area (Å²) in [6.07, 6.45) is 0. The van der Waals surface area contributed by atoms with E-state index in [1.54, 1.807) is 31.3 Å². The average molecular weight is 222 g/mol. The molecule has 0 heterocycles. The Morgan fingerprint density at radius 1 is 1.53 bits per heavy atom. The zero-order chi connectivity index (χ0) is 11.1. The molecule has 0 saturated carbocycles. The average Bonchev–Trinajstić information content (AvgIpc) is 2.28. The molecule has 0 radical (unpaired) electrons. The van der Waals surface area contributed by atoms with Gasteiger partial charge < -0.3 is 10.1 Å². The summed E-state index contributed by atoms with van der Waals surface area (Å²) in [4.78, 5) is 14.7. The Hall–Kier alpha value is -1.71. The van der Waals surface area contributed by atoms with Crippen molar-refractivity contribution in [3.8, 4) is 5.75 Å². The second-order valence-electron chi connectivity index (χ2n) is 2.66. The van der Waals surface area contributed by atoms with Crippen LogP contribution in [0.25, 0.3) is 0 Å². The molecule has 0 atom stereocenters. The second-order valence-corrected chi connectivity index (χ2v) is 2.84. The number of carbonyl (C=O) groups is 1. The van der Waals surface area contributed by atoms with E-state index in [2.05, 4.69) is 27.7 Å². The van der Waals surface area contributed by atoms with E-state index in [1.807, 2.05) is 0 Å². The molecule has 1 aromatic rings. The first kappa shape index (κ1) is 11.4. The lowest BCUT2D eigenvalue weighted by molar-refractivity contribution is -0.122. The van der Waals surface area contributed by atoms with E-state index in [1.165, 1.54) is 0 Å². The van der Waals surface area contributed by atoms with Crippen LogP contribution >= 0.6 is 12.2 Å². The van der Waals surface area contributed by atoms with E-state index in [-0.39, 0.29) is 12.5 Å². The van der Waals surface area contributed by atoms with Crippen molar-refractivity contribution in [2.45, 2.75) is 0 Å². The zero-order valence-corrected chi connectivity index (χ0v) is 9.00. The number of likely N-dealkylation sites (N-methyl/N-ethyl adjacent to an activating group) is 1. The van der Waals surface area contributed by atoms with E-state index in [9.17, 15) is 4.79 Å². The predicted molar refractivity (Wildman–Crippen MR) is 60.7 cm³/mol. The van der Waals surface area contributed by atoms with Crippen molar-refractivity contribution in [3.63, 3.8) is 0 Å². The maximum absolute atomic E-state index is 10.9. The van der Waals surface area contributed by atoms with E-state index in [0.717, 1.165) is 0 Å². The molecule has 1 amide bonds. The SMILES string of the molecule is CNC(=O)COc1ccc(N=C=S)cc1. The highest BCUT2D eigenvalue weighted by atomic mass is 32.1. The van der Waals surface area contributed by atoms with Gasteiger partial charge in [0, 0.05) is 7.05 Å². The minimum Gasteiger partial charge on any atom is -0.484 e. The van der Waals surface area contributed by atoms with Gasteiger partial charge in [0.25, 0.3) is 5.91 Å². The van der Waals surface area contributed by atoms with Gasteiger partial charge in [-0.25, -0.2) is 0 Å². The lowest BCUT2D eigenvalue weighted by Crippen LogP contribution is -2.24. The topological polar surface area (TPSA) is 50.7 Å². The highest BCUT2D eigenvalue weighted by Crippen LogP contribution is 2.17. The van der Waals surface area contributed by atoms with Gasteiger partial charge in [0.05, 0.1) is 10.8 Å². The molecule has 1 aromatic carbocycles. The number of thiocarbonyl (C=S) groups is 1. The Balaban J connectivity index is 2.56. The second kappa shape index (κ2) is 5.90.